The predicted octanol–water partition coefficient (Wildman–Crippen LogP) is 3.00. The molecular formula is C11H12ClNO4. The van der Waals surface area contributed by atoms with Crippen LogP contribution in [0.15, 0.2) is 18.2 Å². The minimum atomic E-state index is -0.549. The Morgan fingerprint density at radius 1 is 1.53 bits per heavy atom. The van der Waals surface area contributed by atoms with Gasteiger partial charge in [-0.3, -0.25) is 10.1 Å². The second-order valence-electron chi connectivity index (χ2n) is 3.50. The molecule has 0 aliphatic rings. The van der Waals surface area contributed by atoms with Crippen LogP contribution in [0.3, 0.4) is 0 Å². The van der Waals surface area contributed by atoms with Gasteiger partial charge in [0.1, 0.15) is 5.78 Å². The van der Waals surface area contributed by atoms with Crippen LogP contribution in [0.2, 0.25) is 5.02 Å². The molecule has 5 nitrogen and oxygen atoms in total. The Morgan fingerprint density at radius 2 is 2.24 bits per heavy atom. The zero-order chi connectivity index (χ0) is 12.8. The Morgan fingerprint density at radius 3 is 2.82 bits per heavy atom. The number of carbonyl (C=O) groups is 1. The van der Waals surface area contributed by atoms with E-state index in [1.54, 1.807) is 0 Å². The van der Waals surface area contributed by atoms with E-state index in [0.717, 1.165) is 0 Å². The van der Waals surface area contributed by atoms with Crippen LogP contribution in [-0.4, -0.2) is 17.3 Å². The molecule has 0 N–H and O–H groups in total. The molecule has 0 unspecified atom stereocenters. The molecule has 0 amide bonds. The van der Waals surface area contributed by atoms with Gasteiger partial charge in [-0.1, -0.05) is 17.7 Å². The van der Waals surface area contributed by atoms with Crippen LogP contribution in [0.1, 0.15) is 19.8 Å². The molecule has 0 saturated carbocycles. The van der Waals surface area contributed by atoms with E-state index in [2.05, 4.69) is 0 Å². The molecule has 0 radical (unpaired) electrons. The number of hydrogen-bond acceptors (Lipinski definition) is 4. The topological polar surface area (TPSA) is 69.4 Å². The normalized spacial score (nSPS) is 10.0. The van der Waals surface area contributed by atoms with Gasteiger partial charge in [-0.25, -0.2) is 0 Å². The van der Waals surface area contributed by atoms with Gasteiger partial charge >= 0.3 is 5.69 Å². The average molecular weight is 258 g/mol. The number of Topliss-reactive ketones (excluding diaryl/α,β-unsaturated/α-hetero) is 1. The van der Waals surface area contributed by atoms with Gasteiger partial charge in [0.2, 0.25) is 5.75 Å². The number of benzene rings is 1. The summed E-state index contributed by atoms with van der Waals surface area (Å²) in [7, 11) is 0. The fourth-order valence-corrected chi connectivity index (χ4v) is 1.50. The molecule has 0 fully saturated rings. The van der Waals surface area contributed by atoms with Crippen molar-refractivity contribution in [1.29, 1.82) is 0 Å². The minimum Gasteiger partial charge on any atom is -0.486 e. The van der Waals surface area contributed by atoms with Gasteiger partial charge in [-0.05, 0) is 19.4 Å². The lowest BCUT2D eigenvalue weighted by molar-refractivity contribution is -0.385. The van der Waals surface area contributed by atoms with E-state index in [9.17, 15) is 14.9 Å². The van der Waals surface area contributed by atoms with E-state index in [-0.39, 0.29) is 28.8 Å². The first-order valence-corrected chi connectivity index (χ1v) is 5.45. The summed E-state index contributed by atoms with van der Waals surface area (Å²) in [5.74, 6) is 0.116. The number of ketones is 1. The molecule has 92 valence electrons. The summed E-state index contributed by atoms with van der Waals surface area (Å²) in [5, 5.41) is 10.9. The van der Waals surface area contributed by atoms with Crippen LogP contribution >= 0.6 is 11.6 Å². The Balaban J connectivity index is 2.69. The highest BCUT2D eigenvalue weighted by Crippen LogP contribution is 2.34. The van der Waals surface area contributed by atoms with Crippen LogP contribution in [0, 0.1) is 10.1 Å². The summed E-state index contributed by atoms with van der Waals surface area (Å²) in [4.78, 5) is 20.9. The molecule has 0 heterocycles. The number of hydrogen-bond donors (Lipinski definition) is 0. The fraction of sp³-hybridized carbons (Fsp3) is 0.364. The van der Waals surface area contributed by atoms with Crippen molar-refractivity contribution in [3.8, 4) is 5.75 Å². The van der Waals surface area contributed by atoms with Crippen LogP contribution in [-0.2, 0) is 4.79 Å². The Kier molecular flexibility index (Phi) is 4.90. The van der Waals surface area contributed by atoms with Crippen molar-refractivity contribution in [3.63, 3.8) is 0 Å². The van der Waals surface area contributed by atoms with Crippen molar-refractivity contribution in [2.75, 3.05) is 6.61 Å². The van der Waals surface area contributed by atoms with Crippen molar-refractivity contribution in [1.82, 2.24) is 0 Å². The van der Waals surface area contributed by atoms with Crippen molar-refractivity contribution in [2.24, 2.45) is 0 Å². The lowest BCUT2D eigenvalue weighted by Crippen LogP contribution is -2.03. The van der Waals surface area contributed by atoms with Gasteiger partial charge in [0.05, 0.1) is 16.6 Å². The summed E-state index contributed by atoms with van der Waals surface area (Å²) >= 11 is 5.82. The van der Waals surface area contributed by atoms with Gasteiger partial charge in [0, 0.05) is 12.5 Å². The highest BCUT2D eigenvalue weighted by atomic mass is 35.5. The van der Waals surface area contributed by atoms with E-state index < -0.39 is 4.92 Å². The van der Waals surface area contributed by atoms with Crippen LogP contribution < -0.4 is 4.74 Å². The summed E-state index contributed by atoms with van der Waals surface area (Å²) < 4.78 is 5.25. The number of nitro benzene ring substituents is 1. The van der Waals surface area contributed by atoms with Crippen LogP contribution in [0.25, 0.3) is 0 Å². The zero-order valence-electron chi connectivity index (χ0n) is 9.31. The van der Waals surface area contributed by atoms with E-state index in [1.165, 1.54) is 25.1 Å². The number of para-hydroxylation sites is 1. The molecule has 0 aliphatic heterocycles. The number of nitrogens with zero attached hydrogens (tertiary/aromatic N) is 1. The molecule has 0 aromatic heterocycles. The smallest absolute Gasteiger partial charge is 0.312 e. The lowest BCUT2D eigenvalue weighted by Gasteiger charge is -2.07. The highest BCUT2D eigenvalue weighted by molar-refractivity contribution is 6.32. The maximum absolute atomic E-state index is 10.7. The van der Waals surface area contributed by atoms with E-state index >= 15 is 0 Å². The highest BCUT2D eigenvalue weighted by Gasteiger charge is 2.17. The summed E-state index contributed by atoms with van der Waals surface area (Å²) in [6, 6.07) is 4.34. The SMILES string of the molecule is CC(=O)CCCOc1c(Cl)cccc1[N+](=O)[O-]. The Labute approximate surface area is 103 Å². The molecule has 1 rings (SSSR count). The largest absolute Gasteiger partial charge is 0.486 e. The molecule has 0 atom stereocenters. The van der Waals surface area contributed by atoms with Gasteiger partial charge in [0.25, 0.3) is 0 Å². The molecule has 0 saturated heterocycles. The Bertz CT molecular complexity index is 433. The molecule has 0 bridgehead atoms. The molecule has 1 aromatic rings. The third-order valence-electron chi connectivity index (χ3n) is 2.06. The number of halogens is 1. The second-order valence-corrected chi connectivity index (χ2v) is 3.91. The summed E-state index contributed by atoms with van der Waals surface area (Å²) in [6.07, 6.45) is 0.899. The van der Waals surface area contributed by atoms with Gasteiger partial charge < -0.3 is 9.53 Å². The minimum absolute atomic E-state index is 0.0576. The lowest BCUT2D eigenvalue weighted by atomic mass is 10.2. The number of carbonyl (C=O) groups excluding carboxylic acids is 1. The maximum Gasteiger partial charge on any atom is 0.312 e. The van der Waals surface area contributed by atoms with E-state index in [4.69, 9.17) is 16.3 Å². The average Bonchev–Trinajstić information content (AvgIpc) is 2.25. The third kappa shape index (κ3) is 4.03. The number of rotatable bonds is 6. The fourth-order valence-electron chi connectivity index (χ4n) is 1.28. The van der Waals surface area contributed by atoms with E-state index in [1.807, 2.05) is 0 Å². The van der Waals surface area contributed by atoms with Crippen LogP contribution in [0.5, 0.6) is 5.75 Å². The van der Waals surface area contributed by atoms with Gasteiger partial charge in [-0.2, -0.15) is 0 Å². The first-order valence-electron chi connectivity index (χ1n) is 5.07. The van der Waals surface area contributed by atoms with Gasteiger partial charge in [-0.15, -0.1) is 0 Å². The number of nitro groups is 1. The summed E-state index contributed by atoms with van der Waals surface area (Å²) in [6.45, 7) is 1.71. The molecule has 0 aliphatic carbocycles. The molecule has 17 heavy (non-hydrogen) atoms. The third-order valence-corrected chi connectivity index (χ3v) is 2.36. The molecule has 1 aromatic carbocycles. The maximum atomic E-state index is 10.7. The van der Waals surface area contributed by atoms with Gasteiger partial charge in [0.15, 0.2) is 0 Å². The molecule has 6 heteroatoms. The predicted molar refractivity (Wildman–Crippen MR) is 63.5 cm³/mol. The van der Waals surface area contributed by atoms with E-state index in [0.29, 0.717) is 12.8 Å². The molecule has 0 spiro atoms. The quantitative estimate of drug-likeness (QED) is 0.446. The van der Waals surface area contributed by atoms with Crippen molar-refractivity contribution in [2.45, 2.75) is 19.8 Å². The molecular weight excluding hydrogens is 246 g/mol. The first-order chi connectivity index (χ1) is 8.02. The van der Waals surface area contributed by atoms with Crippen molar-refractivity contribution >= 4 is 23.1 Å². The van der Waals surface area contributed by atoms with Crippen molar-refractivity contribution in [3.05, 3.63) is 33.3 Å². The number of ether oxygens (including phenoxy) is 1. The summed E-state index contributed by atoms with van der Waals surface area (Å²) in [5.41, 5.74) is -0.166. The van der Waals surface area contributed by atoms with Crippen molar-refractivity contribution < 1.29 is 14.5 Å². The van der Waals surface area contributed by atoms with Crippen LogP contribution in [0.4, 0.5) is 5.69 Å². The monoisotopic (exact) mass is 257 g/mol. The second kappa shape index (κ2) is 6.20. The Hall–Kier alpha value is -1.62. The zero-order valence-corrected chi connectivity index (χ0v) is 10.1. The standard InChI is InChI=1S/C11H12ClNO4/c1-8(14)4-3-7-17-11-9(12)5-2-6-10(11)13(15)16/h2,5-6H,3-4,7H2,1H3. The first kappa shape index (κ1) is 13.4.